The third kappa shape index (κ3) is 5.95. The van der Waals surface area contributed by atoms with Crippen molar-refractivity contribution in [2.75, 3.05) is 45.2 Å². The number of nitrogens with one attached hydrogen (secondary N) is 1. The molecule has 41 heavy (non-hydrogen) atoms. The van der Waals surface area contributed by atoms with E-state index in [4.69, 9.17) is 0 Å². The van der Waals surface area contributed by atoms with Gasteiger partial charge in [0.2, 0.25) is 5.91 Å². The number of fused-ring (bicyclic) bond motifs is 2. The van der Waals surface area contributed by atoms with Crippen LogP contribution in [0.25, 0.3) is 10.8 Å². The van der Waals surface area contributed by atoms with Crippen molar-refractivity contribution < 1.29 is 32.8 Å². The summed E-state index contributed by atoms with van der Waals surface area (Å²) in [6.45, 7) is 6.19. The standard InChI is InChI=1S/C32H34F3N3O3/c1-5-37(6-2)17-18-38-27-20-22(11-7-10-14-28(39)36(3)4)19-26(32(33,34)35)29(27)31(41,30(38)40)25-16-15-23-12-8-9-13-24(23)21-25/h8-9,12-13,15-16,19-21,41H,5-6,10,14,17-18H2,1-4H3/p+1/t31-/m1/s1. The monoisotopic (exact) mass is 566 g/mol. The summed E-state index contributed by atoms with van der Waals surface area (Å²) >= 11 is 0. The Kier molecular flexibility index (Phi) is 8.76. The molecule has 6 nitrogen and oxygen atoms in total. The molecule has 1 atom stereocenters. The summed E-state index contributed by atoms with van der Waals surface area (Å²) in [5.41, 5.74) is -3.98. The summed E-state index contributed by atoms with van der Waals surface area (Å²) in [5.74, 6) is 4.58. The van der Waals surface area contributed by atoms with Crippen molar-refractivity contribution in [3.8, 4) is 11.8 Å². The van der Waals surface area contributed by atoms with Crippen LogP contribution in [-0.2, 0) is 21.4 Å². The van der Waals surface area contributed by atoms with Crippen LogP contribution in [0.4, 0.5) is 18.9 Å². The smallest absolute Gasteiger partial charge is 0.372 e. The Bertz CT molecular complexity index is 1520. The molecule has 1 heterocycles. The maximum absolute atomic E-state index is 14.7. The van der Waals surface area contributed by atoms with Gasteiger partial charge in [0, 0.05) is 38.1 Å². The van der Waals surface area contributed by atoms with Gasteiger partial charge in [0.05, 0.1) is 37.4 Å². The Balaban J connectivity index is 1.88. The summed E-state index contributed by atoms with van der Waals surface area (Å²) in [6.07, 6.45) is -4.56. The molecule has 0 saturated carbocycles. The van der Waals surface area contributed by atoms with Gasteiger partial charge in [-0.15, -0.1) is 0 Å². The predicted molar refractivity (Wildman–Crippen MR) is 152 cm³/mol. The van der Waals surface area contributed by atoms with Gasteiger partial charge in [0.15, 0.2) is 5.60 Å². The quantitative estimate of drug-likeness (QED) is 0.410. The van der Waals surface area contributed by atoms with Gasteiger partial charge in [-0.05, 0) is 48.4 Å². The number of rotatable bonds is 8. The highest BCUT2D eigenvalue weighted by molar-refractivity contribution is 6.10. The first kappa shape index (κ1) is 30.1. The Morgan fingerprint density at radius 3 is 2.37 bits per heavy atom. The van der Waals surface area contributed by atoms with Gasteiger partial charge < -0.3 is 19.8 Å². The molecule has 0 radical (unpaired) electrons. The number of carbonyl (C=O) groups is 2. The lowest BCUT2D eigenvalue weighted by Crippen LogP contribution is -3.12. The van der Waals surface area contributed by atoms with Crippen molar-refractivity contribution in [1.29, 1.82) is 0 Å². The van der Waals surface area contributed by atoms with Crippen molar-refractivity contribution in [3.05, 3.63) is 76.9 Å². The fraction of sp³-hybridized carbons (Fsp3) is 0.375. The summed E-state index contributed by atoms with van der Waals surface area (Å²) in [5, 5.41) is 13.6. The fourth-order valence-electron chi connectivity index (χ4n) is 5.26. The zero-order valence-electron chi connectivity index (χ0n) is 23.7. The Morgan fingerprint density at radius 2 is 1.73 bits per heavy atom. The molecule has 0 aromatic heterocycles. The fourth-order valence-corrected chi connectivity index (χ4v) is 5.26. The summed E-state index contributed by atoms with van der Waals surface area (Å²) in [7, 11) is 3.24. The van der Waals surface area contributed by atoms with Crippen LogP contribution >= 0.6 is 0 Å². The topological polar surface area (TPSA) is 65.3 Å². The van der Waals surface area contributed by atoms with E-state index >= 15 is 0 Å². The van der Waals surface area contributed by atoms with Crippen LogP contribution in [0.1, 0.15) is 48.9 Å². The highest BCUT2D eigenvalue weighted by Crippen LogP contribution is 2.50. The molecule has 3 aromatic rings. The van der Waals surface area contributed by atoms with Crippen molar-refractivity contribution in [3.63, 3.8) is 0 Å². The van der Waals surface area contributed by atoms with E-state index in [0.717, 1.165) is 29.4 Å². The van der Waals surface area contributed by atoms with E-state index < -0.39 is 28.8 Å². The van der Waals surface area contributed by atoms with Gasteiger partial charge in [-0.25, -0.2) is 0 Å². The molecule has 2 amide bonds. The maximum Gasteiger partial charge on any atom is 0.416 e. The lowest BCUT2D eigenvalue weighted by Gasteiger charge is -2.26. The third-order valence-electron chi connectivity index (χ3n) is 7.68. The van der Waals surface area contributed by atoms with Gasteiger partial charge in [0.25, 0.3) is 5.91 Å². The number of amides is 2. The zero-order chi connectivity index (χ0) is 29.9. The Labute approximate surface area is 238 Å². The highest BCUT2D eigenvalue weighted by atomic mass is 19.4. The predicted octanol–water partition coefficient (Wildman–Crippen LogP) is 3.59. The van der Waals surface area contributed by atoms with E-state index in [1.807, 2.05) is 26.0 Å². The normalized spacial score (nSPS) is 16.6. The number of benzene rings is 3. The Morgan fingerprint density at radius 1 is 1.05 bits per heavy atom. The van der Waals surface area contributed by atoms with Gasteiger partial charge in [-0.2, -0.15) is 13.2 Å². The van der Waals surface area contributed by atoms with Crippen LogP contribution in [0.2, 0.25) is 0 Å². The zero-order valence-corrected chi connectivity index (χ0v) is 23.7. The number of alkyl halides is 3. The van der Waals surface area contributed by atoms with E-state index in [1.54, 1.807) is 38.4 Å². The molecular formula is C32H35F3N3O3+. The van der Waals surface area contributed by atoms with Crippen molar-refractivity contribution in [1.82, 2.24) is 4.90 Å². The molecule has 0 bridgehead atoms. The molecule has 1 aliphatic rings. The van der Waals surface area contributed by atoms with Crippen LogP contribution in [0.3, 0.4) is 0 Å². The molecule has 3 aromatic carbocycles. The number of aliphatic hydroxyl groups is 1. The SMILES string of the molecule is CC[NH+](CC)CCN1C(=O)[C@@](O)(c2ccc3ccccc3c2)c2c1cc(C#CCCC(=O)N(C)C)cc2C(F)(F)F. The lowest BCUT2D eigenvalue weighted by molar-refractivity contribution is -0.894. The number of nitrogens with zero attached hydrogens (tertiary/aromatic N) is 2. The second-order valence-corrected chi connectivity index (χ2v) is 10.4. The number of hydrogen-bond acceptors (Lipinski definition) is 3. The van der Waals surface area contributed by atoms with Crippen LogP contribution < -0.4 is 9.80 Å². The molecule has 9 heteroatoms. The van der Waals surface area contributed by atoms with Crippen LogP contribution in [0, 0.1) is 11.8 Å². The first-order valence-corrected chi connectivity index (χ1v) is 13.7. The van der Waals surface area contributed by atoms with Crippen molar-refractivity contribution in [2.24, 2.45) is 0 Å². The second kappa shape index (κ2) is 11.9. The Hall–Kier alpha value is -3.87. The van der Waals surface area contributed by atoms with Crippen LogP contribution in [0.5, 0.6) is 0 Å². The van der Waals surface area contributed by atoms with E-state index in [9.17, 15) is 27.9 Å². The number of anilines is 1. The van der Waals surface area contributed by atoms with Gasteiger partial charge in [0.1, 0.15) is 0 Å². The summed E-state index contributed by atoms with van der Waals surface area (Å²) in [6, 6.07) is 14.4. The molecule has 2 N–H and O–H groups in total. The van der Waals surface area contributed by atoms with Gasteiger partial charge in [-0.3, -0.25) is 9.59 Å². The molecule has 0 fully saturated rings. The number of quaternary nitrogens is 1. The molecule has 1 aliphatic heterocycles. The van der Waals surface area contributed by atoms with Gasteiger partial charge >= 0.3 is 6.18 Å². The average molecular weight is 567 g/mol. The molecule has 0 unspecified atom stereocenters. The first-order chi connectivity index (χ1) is 19.4. The average Bonchev–Trinajstić information content (AvgIpc) is 3.16. The minimum Gasteiger partial charge on any atom is -0.372 e. The van der Waals surface area contributed by atoms with Crippen molar-refractivity contribution >= 4 is 28.3 Å². The largest absolute Gasteiger partial charge is 0.416 e. The first-order valence-electron chi connectivity index (χ1n) is 13.7. The molecule has 216 valence electrons. The van der Waals surface area contributed by atoms with E-state index in [2.05, 4.69) is 11.8 Å². The number of carbonyl (C=O) groups excluding carboxylic acids is 2. The second-order valence-electron chi connectivity index (χ2n) is 10.4. The molecule has 0 spiro atoms. The van der Waals surface area contributed by atoms with Crippen LogP contribution in [0.15, 0.2) is 54.6 Å². The number of halogens is 3. The lowest BCUT2D eigenvalue weighted by atomic mass is 9.83. The number of hydrogen-bond donors (Lipinski definition) is 2. The van der Waals surface area contributed by atoms with Crippen molar-refractivity contribution in [2.45, 2.75) is 38.5 Å². The molecule has 4 rings (SSSR count). The molecule has 0 aliphatic carbocycles. The molecule has 0 saturated heterocycles. The van der Waals surface area contributed by atoms with Gasteiger partial charge in [-0.1, -0.05) is 48.2 Å². The highest BCUT2D eigenvalue weighted by Gasteiger charge is 2.56. The minimum atomic E-state index is -4.87. The van der Waals surface area contributed by atoms with Crippen LogP contribution in [-0.4, -0.2) is 62.1 Å². The summed E-state index contributed by atoms with van der Waals surface area (Å²) < 4.78 is 44.0. The third-order valence-corrected chi connectivity index (χ3v) is 7.68. The molecular weight excluding hydrogens is 531 g/mol. The summed E-state index contributed by atoms with van der Waals surface area (Å²) in [4.78, 5) is 29.8. The maximum atomic E-state index is 14.7. The minimum absolute atomic E-state index is 0.000655. The van der Waals surface area contributed by atoms with E-state index in [0.29, 0.717) is 11.9 Å². The number of likely N-dealkylation sites (N-methyl/N-ethyl adjacent to an activating group) is 1. The van der Waals surface area contributed by atoms with E-state index in [1.165, 1.54) is 21.9 Å². The van der Waals surface area contributed by atoms with E-state index in [-0.39, 0.29) is 42.1 Å².